The lowest BCUT2D eigenvalue weighted by Crippen LogP contribution is -2.45. The van der Waals surface area contributed by atoms with E-state index in [1.165, 1.54) is 0 Å². The minimum Gasteiger partial charge on any atom is -0.484 e. The van der Waals surface area contributed by atoms with Crippen molar-refractivity contribution in [3.05, 3.63) is 60.4 Å². The maximum absolute atomic E-state index is 12.9. The largest absolute Gasteiger partial charge is 0.484 e. The average Bonchev–Trinajstić information content (AvgIpc) is 3.14. The van der Waals surface area contributed by atoms with Crippen LogP contribution >= 0.6 is 0 Å². The Morgan fingerprint density at radius 2 is 2.00 bits per heavy atom. The minimum atomic E-state index is -0.154. The summed E-state index contributed by atoms with van der Waals surface area (Å²) >= 11 is 0. The van der Waals surface area contributed by atoms with Gasteiger partial charge in [0.2, 0.25) is 5.91 Å². The van der Waals surface area contributed by atoms with Gasteiger partial charge in [-0.25, -0.2) is 0 Å². The van der Waals surface area contributed by atoms with Gasteiger partial charge >= 0.3 is 0 Å². The number of benzene rings is 1. The highest BCUT2D eigenvalue weighted by atomic mass is 16.5. The number of aromatic nitrogens is 1. The number of rotatable bonds is 6. The summed E-state index contributed by atoms with van der Waals surface area (Å²) in [6.07, 6.45) is 6.59. The molecule has 1 aromatic heterocycles. The number of ether oxygens (including phenoxy) is 1. The lowest BCUT2D eigenvalue weighted by Gasteiger charge is -2.41. The predicted octanol–water partition coefficient (Wildman–Crippen LogP) is 2.41. The van der Waals surface area contributed by atoms with Crippen molar-refractivity contribution in [2.45, 2.75) is 25.8 Å². The van der Waals surface area contributed by atoms with Gasteiger partial charge in [0, 0.05) is 37.4 Å². The Hall–Kier alpha value is -2.89. The van der Waals surface area contributed by atoms with Crippen LogP contribution in [0.25, 0.3) is 0 Å². The lowest BCUT2D eigenvalue weighted by atomic mass is 9.62. The molecule has 1 aliphatic carbocycles. The quantitative estimate of drug-likeness (QED) is 0.837. The predicted molar refractivity (Wildman–Crippen MR) is 104 cm³/mol. The van der Waals surface area contributed by atoms with Crippen LogP contribution in [0.4, 0.5) is 0 Å². The van der Waals surface area contributed by atoms with E-state index in [1.54, 1.807) is 17.3 Å². The van der Waals surface area contributed by atoms with Crippen LogP contribution in [0.1, 0.15) is 24.8 Å². The first kappa shape index (κ1) is 18.5. The summed E-state index contributed by atoms with van der Waals surface area (Å²) in [5.41, 5.74) is 0.905. The third kappa shape index (κ3) is 3.86. The van der Waals surface area contributed by atoms with Crippen molar-refractivity contribution in [2.24, 2.45) is 11.3 Å². The highest BCUT2D eigenvalue weighted by Gasteiger charge is 2.54. The Bertz CT molecular complexity index is 821. The van der Waals surface area contributed by atoms with E-state index in [0.717, 1.165) is 24.8 Å². The molecule has 1 atom stereocenters. The summed E-state index contributed by atoms with van der Waals surface area (Å²) < 4.78 is 5.60. The normalized spacial score (nSPS) is 19.9. The van der Waals surface area contributed by atoms with Gasteiger partial charge in [0.15, 0.2) is 6.61 Å². The standard InChI is InChI=1S/C22H25N3O3/c26-20(15-28-18-7-2-1-3-8-18)25-14-19(22(16-25)9-5-10-22)21(27)24-13-17-6-4-11-23-12-17/h1-4,6-8,11-12,19H,5,9-10,13-16H2,(H,24,27). The Labute approximate surface area is 164 Å². The SMILES string of the molecule is O=C(NCc1cccnc1)C1CN(C(=O)COc2ccccc2)CC12CCC2. The molecule has 146 valence electrons. The molecule has 28 heavy (non-hydrogen) atoms. The monoisotopic (exact) mass is 379 g/mol. The summed E-state index contributed by atoms with van der Waals surface area (Å²) in [7, 11) is 0. The number of pyridine rings is 1. The Balaban J connectivity index is 1.35. The van der Waals surface area contributed by atoms with Gasteiger partial charge in [0.05, 0.1) is 5.92 Å². The van der Waals surface area contributed by atoms with Gasteiger partial charge in [-0.05, 0) is 36.6 Å². The van der Waals surface area contributed by atoms with E-state index >= 15 is 0 Å². The van der Waals surface area contributed by atoms with Crippen molar-refractivity contribution >= 4 is 11.8 Å². The Morgan fingerprint density at radius 1 is 1.18 bits per heavy atom. The summed E-state index contributed by atoms with van der Waals surface area (Å²) in [6, 6.07) is 13.1. The van der Waals surface area contributed by atoms with Gasteiger partial charge in [-0.15, -0.1) is 0 Å². The van der Waals surface area contributed by atoms with E-state index < -0.39 is 0 Å². The third-order valence-corrected chi connectivity index (χ3v) is 5.96. The molecule has 2 amide bonds. The van der Waals surface area contributed by atoms with Crippen LogP contribution in [0, 0.1) is 11.3 Å². The van der Waals surface area contributed by atoms with Gasteiger partial charge < -0.3 is 15.0 Å². The number of carbonyl (C=O) groups excluding carboxylic acids is 2. The zero-order valence-electron chi connectivity index (χ0n) is 15.8. The molecule has 2 heterocycles. The Morgan fingerprint density at radius 3 is 2.68 bits per heavy atom. The Kier molecular flexibility index (Phi) is 5.28. The molecule has 2 aliphatic rings. The molecule has 1 aromatic carbocycles. The first-order valence-electron chi connectivity index (χ1n) is 9.79. The smallest absolute Gasteiger partial charge is 0.260 e. The molecular formula is C22H25N3O3. The second-order valence-electron chi connectivity index (χ2n) is 7.72. The summed E-state index contributed by atoms with van der Waals surface area (Å²) in [5, 5.41) is 3.03. The topological polar surface area (TPSA) is 71.5 Å². The fraction of sp³-hybridized carbons (Fsp3) is 0.409. The maximum Gasteiger partial charge on any atom is 0.260 e. The van der Waals surface area contributed by atoms with Crippen LogP contribution in [0.3, 0.4) is 0 Å². The van der Waals surface area contributed by atoms with Gasteiger partial charge in [-0.1, -0.05) is 30.7 Å². The van der Waals surface area contributed by atoms with Crippen molar-refractivity contribution in [1.29, 1.82) is 0 Å². The maximum atomic E-state index is 12.9. The highest BCUT2D eigenvalue weighted by molar-refractivity contribution is 5.83. The number of amides is 2. The van der Waals surface area contributed by atoms with Crippen LogP contribution < -0.4 is 10.1 Å². The fourth-order valence-corrected chi connectivity index (χ4v) is 4.23. The number of hydrogen-bond donors (Lipinski definition) is 1. The molecule has 0 radical (unpaired) electrons. The molecule has 4 rings (SSSR count). The van der Waals surface area contributed by atoms with Crippen LogP contribution in [-0.2, 0) is 16.1 Å². The van der Waals surface area contributed by atoms with E-state index in [2.05, 4.69) is 10.3 Å². The molecule has 1 spiro atoms. The number of hydrogen-bond acceptors (Lipinski definition) is 4. The second-order valence-corrected chi connectivity index (χ2v) is 7.72. The van der Waals surface area contributed by atoms with Crippen molar-refractivity contribution < 1.29 is 14.3 Å². The number of likely N-dealkylation sites (tertiary alicyclic amines) is 1. The van der Waals surface area contributed by atoms with Gasteiger partial charge in [0.25, 0.3) is 5.91 Å². The van der Waals surface area contributed by atoms with Gasteiger partial charge in [-0.2, -0.15) is 0 Å². The molecule has 1 N–H and O–H groups in total. The second kappa shape index (κ2) is 8.00. The number of nitrogens with one attached hydrogen (secondary N) is 1. The zero-order chi connectivity index (χ0) is 19.4. The van der Waals surface area contributed by atoms with Crippen LogP contribution in [0.2, 0.25) is 0 Å². The molecular weight excluding hydrogens is 354 g/mol. The van der Waals surface area contributed by atoms with E-state index in [4.69, 9.17) is 4.74 Å². The summed E-state index contributed by atoms with van der Waals surface area (Å²) in [4.78, 5) is 31.4. The molecule has 1 aliphatic heterocycles. The molecule has 2 aromatic rings. The lowest BCUT2D eigenvalue weighted by molar-refractivity contribution is -0.133. The molecule has 6 nitrogen and oxygen atoms in total. The number of carbonyl (C=O) groups is 2. The minimum absolute atomic E-state index is 0.00408. The van der Waals surface area contributed by atoms with E-state index in [0.29, 0.717) is 25.4 Å². The molecule has 6 heteroatoms. The molecule has 1 unspecified atom stereocenters. The van der Waals surface area contributed by atoms with Crippen molar-refractivity contribution in [3.8, 4) is 5.75 Å². The highest BCUT2D eigenvalue weighted by Crippen LogP contribution is 2.51. The van der Waals surface area contributed by atoms with Crippen molar-refractivity contribution in [2.75, 3.05) is 19.7 Å². The molecule has 1 saturated carbocycles. The van der Waals surface area contributed by atoms with Crippen molar-refractivity contribution in [1.82, 2.24) is 15.2 Å². The van der Waals surface area contributed by atoms with Gasteiger partial charge in [-0.3, -0.25) is 14.6 Å². The van der Waals surface area contributed by atoms with E-state index in [-0.39, 0.29) is 29.8 Å². The third-order valence-electron chi connectivity index (χ3n) is 5.96. The van der Waals surface area contributed by atoms with E-state index in [9.17, 15) is 9.59 Å². The van der Waals surface area contributed by atoms with Crippen LogP contribution in [0.15, 0.2) is 54.9 Å². The zero-order valence-corrected chi connectivity index (χ0v) is 15.8. The van der Waals surface area contributed by atoms with Crippen LogP contribution in [0.5, 0.6) is 5.75 Å². The number of nitrogens with zero attached hydrogens (tertiary/aromatic N) is 2. The first-order chi connectivity index (χ1) is 13.7. The molecule has 0 bridgehead atoms. The van der Waals surface area contributed by atoms with E-state index in [1.807, 2.05) is 42.5 Å². The summed E-state index contributed by atoms with van der Waals surface area (Å²) in [6.45, 7) is 1.58. The number of para-hydroxylation sites is 1. The fourth-order valence-electron chi connectivity index (χ4n) is 4.23. The van der Waals surface area contributed by atoms with Crippen molar-refractivity contribution in [3.63, 3.8) is 0 Å². The summed E-state index contributed by atoms with van der Waals surface area (Å²) in [5.74, 6) is 0.498. The van der Waals surface area contributed by atoms with Crippen LogP contribution in [-0.4, -0.2) is 41.4 Å². The average molecular weight is 379 g/mol. The first-order valence-corrected chi connectivity index (χ1v) is 9.79. The molecule has 1 saturated heterocycles. The molecule has 2 fully saturated rings. The van der Waals surface area contributed by atoms with Gasteiger partial charge in [0.1, 0.15) is 5.75 Å².